The first-order valence-electron chi connectivity index (χ1n) is 3.16. The summed E-state index contributed by atoms with van der Waals surface area (Å²) in [5.41, 5.74) is 0. The zero-order valence-corrected chi connectivity index (χ0v) is 8.91. The lowest BCUT2D eigenvalue weighted by atomic mass is 10.1. The van der Waals surface area contributed by atoms with Crippen LogP contribution in [0.1, 0.15) is 20.8 Å². The number of hydrogen-bond donors (Lipinski definition) is 0. The van der Waals surface area contributed by atoms with E-state index >= 15 is 0 Å². The van der Waals surface area contributed by atoms with Crippen LogP contribution in [0.4, 0.5) is 0 Å². The molecule has 0 aromatic heterocycles. The third-order valence-electron chi connectivity index (χ3n) is 1.80. The van der Waals surface area contributed by atoms with Gasteiger partial charge in [-0.25, -0.2) is 0 Å². The number of hydrogen-bond acceptors (Lipinski definition) is 1. The monoisotopic (exact) mass is 254 g/mol. The Morgan fingerprint density at radius 3 is 2.11 bits per heavy atom. The molecule has 0 bridgehead atoms. The molecule has 2 atom stereocenters. The van der Waals surface area contributed by atoms with Crippen LogP contribution >= 0.6 is 34.4 Å². The fourth-order valence-corrected chi connectivity index (χ4v) is 3.33. The van der Waals surface area contributed by atoms with Crippen molar-refractivity contribution >= 4 is 34.4 Å². The first-order valence-corrected chi connectivity index (χ1v) is 5.11. The highest BCUT2D eigenvalue weighted by atomic mass is 127. The molecule has 0 saturated heterocycles. The average Bonchev–Trinajstić information content (AvgIpc) is 1.98. The van der Waals surface area contributed by atoms with Gasteiger partial charge in [0.2, 0.25) is 0 Å². The second kappa shape index (κ2) is 2.82. The Kier molecular flexibility index (Phi) is 2.49. The van der Waals surface area contributed by atoms with E-state index in [0.29, 0.717) is 0 Å². The van der Waals surface area contributed by atoms with Gasteiger partial charge in [-0.2, -0.15) is 0 Å². The van der Waals surface area contributed by atoms with Crippen LogP contribution in [0, 0.1) is 5.92 Å². The van der Waals surface area contributed by atoms with E-state index in [4.69, 9.17) is 0 Å². The predicted octanol–water partition coefficient (Wildman–Crippen LogP) is 3.42. The Labute approximate surface area is 74.6 Å². The normalized spacial score (nSPS) is 36.0. The largest absolute Gasteiger partial charge is 0.126 e. The molecule has 0 aliphatic carbocycles. The highest BCUT2D eigenvalue weighted by molar-refractivity contribution is 14.1. The van der Waals surface area contributed by atoms with Crippen LogP contribution in [-0.2, 0) is 0 Å². The summed E-state index contributed by atoms with van der Waals surface area (Å²) in [7, 11) is 0. The molecule has 52 valence electrons. The van der Waals surface area contributed by atoms with Crippen molar-refractivity contribution in [3.05, 3.63) is 8.48 Å². The zero-order valence-electron chi connectivity index (χ0n) is 5.94. The summed E-state index contributed by atoms with van der Waals surface area (Å²) in [6.45, 7) is 6.81. The van der Waals surface area contributed by atoms with E-state index < -0.39 is 0 Å². The summed E-state index contributed by atoms with van der Waals surface area (Å²) in [6, 6.07) is 0. The van der Waals surface area contributed by atoms with Crippen LogP contribution < -0.4 is 0 Å². The van der Waals surface area contributed by atoms with Gasteiger partial charge in [-0.3, -0.25) is 0 Å². The summed E-state index contributed by atoms with van der Waals surface area (Å²) in [5, 5.41) is 0.803. The number of halogens is 1. The number of rotatable bonds is 0. The van der Waals surface area contributed by atoms with E-state index in [2.05, 4.69) is 43.4 Å². The average molecular weight is 254 g/mol. The minimum atomic E-state index is 0.788. The molecule has 1 rings (SSSR count). The molecule has 0 aromatic rings. The van der Waals surface area contributed by atoms with Crippen molar-refractivity contribution in [3.63, 3.8) is 0 Å². The van der Waals surface area contributed by atoms with Crippen LogP contribution in [0.5, 0.6) is 0 Å². The minimum Gasteiger partial charge on any atom is -0.126 e. The Balaban J connectivity index is 2.74. The molecule has 0 amide bonds. The lowest BCUT2D eigenvalue weighted by Crippen LogP contribution is -2.02. The fourth-order valence-electron chi connectivity index (χ4n) is 0.964. The van der Waals surface area contributed by atoms with Crippen molar-refractivity contribution in [2.45, 2.75) is 26.0 Å². The molecule has 2 heteroatoms. The van der Waals surface area contributed by atoms with Crippen LogP contribution in [0.15, 0.2) is 8.48 Å². The first kappa shape index (κ1) is 7.92. The van der Waals surface area contributed by atoms with Crippen LogP contribution in [0.25, 0.3) is 0 Å². The van der Waals surface area contributed by atoms with Crippen molar-refractivity contribution in [3.8, 4) is 0 Å². The molecule has 1 heterocycles. The van der Waals surface area contributed by atoms with E-state index in [-0.39, 0.29) is 0 Å². The second-order valence-electron chi connectivity index (χ2n) is 2.52. The summed E-state index contributed by atoms with van der Waals surface area (Å²) in [5.74, 6) is 0.788. The van der Waals surface area contributed by atoms with Gasteiger partial charge in [-0.15, -0.1) is 11.8 Å². The molecular weight excluding hydrogens is 243 g/mol. The Morgan fingerprint density at radius 1 is 1.44 bits per heavy atom. The highest BCUT2D eigenvalue weighted by Crippen LogP contribution is 2.44. The quantitative estimate of drug-likeness (QED) is 0.597. The molecule has 1 aliphatic heterocycles. The van der Waals surface area contributed by atoms with Crippen molar-refractivity contribution in [1.82, 2.24) is 0 Å². The zero-order chi connectivity index (χ0) is 7.02. The molecule has 0 N–H and O–H groups in total. The van der Waals surface area contributed by atoms with Crippen LogP contribution in [0.2, 0.25) is 0 Å². The third kappa shape index (κ3) is 1.45. The Morgan fingerprint density at radius 2 is 2.00 bits per heavy atom. The van der Waals surface area contributed by atoms with Crippen molar-refractivity contribution in [1.29, 1.82) is 0 Å². The Bertz CT molecular complexity index is 151. The molecule has 0 spiro atoms. The van der Waals surface area contributed by atoms with Gasteiger partial charge in [0.25, 0.3) is 0 Å². The van der Waals surface area contributed by atoms with Gasteiger partial charge in [0.05, 0.1) is 0 Å². The SMILES string of the molecule is CC1=C(I)C(C)C(C)S1. The maximum absolute atomic E-state index is 2.46. The number of allylic oxidation sites excluding steroid dienone is 2. The van der Waals surface area contributed by atoms with E-state index in [1.165, 1.54) is 4.91 Å². The van der Waals surface area contributed by atoms with E-state index in [1.807, 2.05) is 11.8 Å². The third-order valence-corrected chi connectivity index (χ3v) is 5.31. The van der Waals surface area contributed by atoms with Crippen molar-refractivity contribution < 1.29 is 0 Å². The maximum Gasteiger partial charge on any atom is 0.0134 e. The van der Waals surface area contributed by atoms with Gasteiger partial charge in [0.15, 0.2) is 0 Å². The highest BCUT2D eigenvalue weighted by Gasteiger charge is 2.24. The standard InChI is InChI=1S/C7H11IS/c1-4-5(2)9-6(3)7(4)8/h4-5H,1-3H3. The van der Waals surface area contributed by atoms with Crippen LogP contribution in [0.3, 0.4) is 0 Å². The molecule has 0 fully saturated rings. The van der Waals surface area contributed by atoms with E-state index in [1.54, 1.807) is 3.58 Å². The lowest BCUT2D eigenvalue weighted by molar-refractivity contribution is 0.724. The van der Waals surface area contributed by atoms with Crippen molar-refractivity contribution in [2.24, 2.45) is 5.92 Å². The fraction of sp³-hybridized carbons (Fsp3) is 0.714. The van der Waals surface area contributed by atoms with E-state index in [0.717, 1.165) is 11.2 Å². The Hall–Kier alpha value is 0.820. The molecule has 0 saturated carbocycles. The van der Waals surface area contributed by atoms with Gasteiger partial charge < -0.3 is 0 Å². The summed E-state index contributed by atoms with van der Waals surface area (Å²) in [6.07, 6.45) is 0. The van der Waals surface area contributed by atoms with Gasteiger partial charge >= 0.3 is 0 Å². The van der Waals surface area contributed by atoms with Gasteiger partial charge in [0.1, 0.15) is 0 Å². The summed E-state index contributed by atoms with van der Waals surface area (Å²) >= 11 is 4.47. The number of thioether (sulfide) groups is 1. The molecule has 9 heavy (non-hydrogen) atoms. The summed E-state index contributed by atoms with van der Waals surface area (Å²) in [4.78, 5) is 1.52. The van der Waals surface area contributed by atoms with Crippen molar-refractivity contribution in [2.75, 3.05) is 0 Å². The predicted molar refractivity (Wildman–Crippen MR) is 52.9 cm³/mol. The topological polar surface area (TPSA) is 0 Å². The lowest BCUT2D eigenvalue weighted by Gasteiger charge is -2.07. The second-order valence-corrected chi connectivity index (χ2v) is 5.27. The van der Waals surface area contributed by atoms with E-state index in [9.17, 15) is 0 Å². The minimum absolute atomic E-state index is 0.788. The van der Waals surface area contributed by atoms with Gasteiger partial charge in [-0.05, 0) is 40.3 Å². The molecular formula is C7H11IS. The molecule has 0 nitrogen and oxygen atoms in total. The van der Waals surface area contributed by atoms with Gasteiger partial charge in [-0.1, -0.05) is 13.8 Å². The first-order chi connectivity index (χ1) is 4.13. The molecule has 0 aromatic carbocycles. The smallest absolute Gasteiger partial charge is 0.0134 e. The summed E-state index contributed by atoms with van der Waals surface area (Å²) < 4.78 is 1.56. The van der Waals surface area contributed by atoms with Gasteiger partial charge in [0, 0.05) is 8.83 Å². The molecule has 1 aliphatic rings. The molecule has 0 radical (unpaired) electrons. The molecule has 2 unspecified atom stereocenters. The van der Waals surface area contributed by atoms with Crippen LogP contribution in [-0.4, -0.2) is 5.25 Å². The maximum atomic E-state index is 2.46.